The third-order valence-corrected chi connectivity index (χ3v) is 5.49. The average Bonchev–Trinajstić information content (AvgIpc) is 2.82. The number of hydrogen-bond donors (Lipinski definition) is 1. The highest BCUT2D eigenvalue weighted by Gasteiger charge is 2.26. The molecule has 160 valence electrons. The molecule has 0 bridgehead atoms. The van der Waals surface area contributed by atoms with E-state index >= 15 is 0 Å². The number of aromatic nitrogens is 1. The van der Waals surface area contributed by atoms with Gasteiger partial charge in [-0.15, -0.1) is 0 Å². The maximum atomic E-state index is 14.5. The summed E-state index contributed by atoms with van der Waals surface area (Å²) in [6, 6.07) is 17.5. The smallest absolute Gasteiger partial charge is 0.322 e. The average molecular weight is 420 g/mol. The van der Waals surface area contributed by atoms with Gasteiger partial charge in [-0.2, -0.15) is 0 Å². The number of carbonyl (C=O) groups is 1. The van der Waals surface area contributed by atoms with Gasteiger partial charge in [-0.1, -0.05) is 30.3 Å². The molecule has 1 N–H and O–H groups in total. The predicted molar refractivity (Wildman–Crippen MR) is 118 cm³/mol. The van der Waals surface area contributed by atoms with Crippen molar-refractivity contribution < 1.29 is 13.9 Å². The summed E-state index contributed by atoms with van der Waals surface area (Å²) in [7, 11) is 0. The van der Waals surface area contributed by atoms with Crippen molar-refractivity contribution in [2.75, 3.05) is 31.5 Å². The van der Waals surface area contributed by atoms with Crippen LogP contribution in [-0.4, -0.2) is 47.0 Å². The van der Waals surface area contributed by atoms with Crippen LogP contribution in [0.2, 0.25) is 0 Å². The second kappa shape index (κ2) is 9.57. The van der Waals surface area contributed by atoms with Gasteiger partial charge in [-0.25, -0.2) is 9.18 Å². The number of carbonyl (C=O) groups excluding carboxylic acids is 1. The van der Waals surface area contributed by atoms with Gasteiger partial charge in [0.05, 0.1) is 0 Å². The van der Waals surface area contributed by atoms with Gasteiger partial charge >= 0.3 is 6.03 Å². The number of ether oxygens (including phenoxy) is 1. The van der Waals surface area contributed by atoms with E-state index in [0.29, 0.717) is 18.8 Å². The third kappa shape index (κ3) is 5.00. The zero-order valence-corrected chi connectivity index (χ0v) is 17.4. The topological polar surface area (TPSA) is 57.7 Å². The molecule has 0 saturated carbocycles. The molecule has 0 spiro atoms. The number of urea groups is 1. The standard InChI is InChI=1S/C24H25FN4O2/c1-18(19-7-6-12-26-17-19)28-13-15-29(16-14-28)24(30)27-23-21(25)10-5-11-22(23)31-20-8-3-2-4-9-20/h2-12,17-18H,13-16H2,1H3,(H,27,30). The van der Waals surface area contributed by atoms with Gasteiger partial charge in [-0.3, -0.25) is 9.88 Å². The number of rotatable bonds is 5. The van der Waals surface area contributed by atoms with E-state index < -0.39 is 5.82 Å². The van der Waals surface area contributed by atoms with Crippen LogP contribution in [0.5, 0.6) is 11.5 Å². The Morgan fingerprint density at radius 2 is 1.81 bits per heavy atom. The van der Waals surface area contributed by atoms with Crippen molar-refractivity contribution in [2.24, 2.45) is 0 Å². The molecule has 1 aliphatic rings. The largest absolute Gasteiger partial charge is 0.455 e. The maximum Gasteiger partial charge on any atom is 0.322 e. The molecule has 1 atom stereocenters. The van der Waals surface area contributed by atoms with Gasteiger partial charge in [0.25, 0.3) is 0 Å². The van der Waals surface area contributed by atoms with Gasteiger partial charge in [-0.05, 0) is 42.8 Å². The van der Waals surface area contributed by atoms with Crippen molar-refractivity contribution in [1.82, 2.24) is 14.8 Å². The van der Waals surface area contributed by atoms with Gasteiger partial charge in [0.15, 0.2) is 11.6 Å². The number of piperazine rings is 1. The minimum atomic E-state index is -0.536. The Balaban J connectivity index is 1.39. The zero-order valence-electron chi connectivity index (χ0n) is 17.4. The van der Waals surface area contributed by atoms with Crippen molar-refractivity contribution in [3.63, 3.8) is 0 Å². The fourth-order valence-corrected chi connectivity index (χ4v) is 3.66. The van der Waals surface area contributed by atoms with E-state index in [1.54, 1.807) is 35.4 Å². The lowest BCUT2D eigenvalue weighted by molar-refractivity contribution is 0.119. The molecule has 0 aliphatic carbocycles. The van der Waals surface area contributed by atoms with Crippen molar-refractivity contribution >= 4 is 11.7 Å². The van der Waals surface area contributed by atoms with Crippen LogP contribution in [0.15, 0.2) is 73.1 Å². The van der Waals surface area contributed by atoms with Gasteiger partial charge < -0.3 is 15.0 Å². The highest BCUT2D eigenvalue weighted by Crippen LogP contribution is 2.32. The highest BCUT2D eigenvalue weighted by molar-refractivity contribution is 5.91. The first-order chi connectivity index (χ1) is 15.1. The van der Waals surface area contributed by atoms with Crippen LogP contribution in [0.25, 0.3) is 0 Å². The molecular weight excluding hydrogens is 395 g/mol. The second-order valence-corrected chi connectivity index (χ2v) is 7.44. The maximum absolute atomic E-state index is 14.5. The summed E-state index contributed by atoms with van der Waals surface area (Å²) in [6.45, 7) is 4.71. The Morgan fingerprint density at radius 3 is 2.52 bits per heavy atom. The van der Waals surface area contributed by atoms with Crippen LogP contribution in [0.4, 0.5) is 14.9 Å². The van der Waals surface area contributed by atoms with Crippen molar-refractivity contribution in [1.29, 1.82) is 0 Å². The number of halogens is 1. The summed E-state index contributed by atoms with van der Waals surface area (Å²) >= 11 is 0. The Hall–Kier alpha value is -3.45. The molecule has 1 fully saturated rings. The predicted octanol–water partition coefficient (Wildman–Crippen LogP) is 4.92. The van der Waals surface area contributed by atoms with Crippen LogP contribution in [0, 0.1) is 5.82 Å². The summed E-state index contributed by atoms with van der Waals surface area (Å²) in [4.78, 5) is 21.0. The Kier molecular flexibility index (Phi) is 6.43. The number of para-hydroxylation sites is 2. The van der Waals surface area contributed by atoms with Gasteiger partial charge in [0.1, 0.15) is 11.4 Å². The zero-order chi connectivity index (χ0) is 21.6. The lowest BCUT2D eigenvalue weighted by atomic mass is 10.1. The van der Waals surface area contributed by atoms with E-state index in [0.717, 1.165) is 18.7 Å². The number of benzene rings is 2. The van der Waals surface area contributed by atoms with E-state index in [2.05, 4.69) is 28.2 Å². The minimum Gasteiger partial charge on any atom is -0.455 e. The number of hydrogen-bond acceptors (Lipinski definition) is 4. The van der Waals surface area contributed by atoms with Crippen LogP contribution in [0.1, 0.15) is 18.5 Å². The fourth-order valence-electron chi connectivity index (χ4n) is 3.66. The molecule has 1 aromatic heterocycles. The van der Waals surface area contributed by atoms with Crippen LogP contribution in [-0.2, 0) is 0 Å². The lowest BCUT2D eigenvalue weighted by Gasteiger charge is -2.38. The van der Waals surface area contributed by atoms with E-state index in [9.17, 15) is 9.18 Å². The first-order valence-electron chi connectivity index (χ1n) is 10.3. The van der Waals surface area contributed by atoms with E-state index in [4.69, 9.17) is 4.74 Å². The fraction of sp³-hybridized carbons (Fsp3) is 0.250. The summed E-state index contributed by atoms with van der Waals surface area (Å²) in [5, 5.41) is 2.70. The number of anilines is 1. The molecule has 1 aliphatic heterocycles. The SMILES string of the molecule is CC(c1cccnc1)N1CCN(C(=O)Nc2c(F)cccc2Oc2ccccc2)CC1. The van der Waals surface area contributed by atoms with E-state index in [-0.39, 0.29) is 23.5 Å². The number of pyridine rings is 1. The first kappa shape index (κ1) is 20.8. The molecular formula is C24H25FN4O2. The van der Waals surface area contributed by atoms with E-state index in [1.807, 2.05) is 30.5 Å². The summed E-state index contributed by atoms with van der Waals surface area (Å²) in [6.07, 6.45) is 3.63. The molecule has 31 heavy (non-hydrogen) atoms. The summed E-state index contributed by atoms with van der Waals surface area (Å²) in [5.74, 6) is 0.301. The lowest BCUT2D eigenvalue weighted by Crippen LogP contribution is -2.50. The van der Waals surface area contributed by atoms with Crippen molar-refractivity contribution in [2.45, 2.75) is 13.0 Å². The molecule has 2 amide bonds. The summed E-state index contributed by atoms with van der Waals surface area (Å²) in [5.41, 5.74) is 1.19. The molecule has 1 unspecified atom stereocenters. The quantitative estimate of drug-likeness (QED) is 0.636. The molecule has 2 heterocycles. The Bertz CT molecular complexity index is 1010. The number of amides is 2. The third-order valence-electron chi connectivity index (χ3n) is 5.49. The molecule has 1 saturated heterocycles. The molecule has 3 aromatic rings. The van der Waals surface area contributed by atoms with Gasteiger partial charge in [0, 0.05) is 44.6 Å². The molecule has 2 aromatic carbocycles. The Morgan fingerprint density at radius 1 is 1.03 bits per heavy atom. The monoisotopic (exact) mass is 420 g/mol. The van der Waals surface area contributed by atoms with Crippen LogP contribution < -0.4 is 10.1 Å². The molecule has 6 nitrogen and oxygen atoms in total. The van der Waals surface area contributed by atoms with E-state index in [1.165, 1.54) is 6.07 Å². The van der Waals surface area contributed by atoms with Crippen LogP contribution >= 0.6 is 0 Å². The number of nitrogens with zero attached hydrogens (tertiary/aromatic N) is 3. The highest BCUT2D eigenvalue weighted by atomic mass is 19.1. The Labute approximate surface area is 181 Å². The molecule has 4 rings (SSSR count). The summed E-state index contributed by atoms with van der Waals surface area (Å²) < 4.78 is 20.3. The van der Waals surface area contributed by atoms with Gasteiger partial charge in [0.2, 0.25) is 0 Å². The molecule has 7 heteroatoms. The van der Waals surface area contributed by atoms with Crippen LogP contribution in [0.3, 0.4) is 0 Å². The number of nitrogens with one attached hydrogen (secondary N) is 1. The first-order valence-corrected chi connectivity index (χ1v) is 10.3. The minimum absolute atomic E-state index is 0.0440. The normalized spacial score (nSPS) is 15.4. The molecule has 0 radical (unpaired) electrons. The van der Waals surface area contributed by atoms with Crippen molar-refractivity contribution in [3.05, 3.63) is 84.4 Å². The van der Waals surface area contributed by atoms with Crippen molar-refractivity contribution in [3.8, 4) is 11.5 Å². The second-order valence-electron chi connectivity index (χ2n) is 7.44.